The van der Waals surface area contributed by atoms with Crippen LogP contribution < -0.4 is 5.32 Å². The molecule has 0 saturated carbocycles. The van der Waals surface area contributed by atoms with Gasteiger partial charge in [-0.1, -0.05) is 27.2 Å². The number of hydrogen-bond donors (Lipinski definition) is 1. The highest BCUT2D eigenvalue weighted by molar-refractivity contribution is 7.99. The van der Waals surface area contributed by atoms with Crippen LogP contribution in [0.3, 0.4) is 0 Å². The molecule has 0 aliphatic heterocycles. The van der Waals surface area contributed by atoms with Gasteiger partial charge in [0.05, 0.1) is 7.11 Å². The highest BCUT2D eigenvalue weighted by Crippen LogP contribution is 2.18. The van der Waals surface area contributed by atoms with Crippen LogP contribution in [-0.2, 0) is 9.53 Å². The van der Waals surface area contributed by atoms with E-state index in [1.54, 1.807) is 0 Å². The second kappa shape index (κ2) is 10.6. The molecule has 0 bridgehead atoms. The van der Waals surface area contributed by atoms with Crippen molar-refractivity contribution in [3.63, 3.8) is 0 Å². The fraction of sp³-hybridized carbons (Fsp3) is 0.933. The van der Waals surface area contributed by atoms with Crippen LogP contribution in [0.4, 0.5) is 0 Å². The minimum absolute atomic E-state index is 0.143. The molecule has 0 fully saturated rings. The van der Waals surface area contributed by atoms with Crippen molar-refractivity contribution in [1.29, 1.82) is 0 Å². The normalized spacial score (nSPS) is 14.4. The number of carbonyl (C=O) groups is 1. The summed E-state index contributed by atoms with van der Waals surface area (Å²) in [5.41, 5.74) is -0.520. The van der Waals surface area contributed by atoms with Gasteiger partial charge in [0.1, 0.15) is 5.54 Å². The van der Waals surface area contributed by atoms with E-state index in [9.17, 15) is 4.79 Å². The highest BCUT2D eigenvalue weighted by atomic mass is 32.2. The Balaban J connectivity index is 3.96. The molecule has 0 rings (SSSR count). The van der Waals surface area contributed by atoms with Gasteiger partial charge in [0.15, 0.2) is 0 Å². The number of methoxy groups -OCH3 is 1. The van der Waals surface area contributed by atoms with Crippen molar-refractivity contribution in [3.8, 4) is 0 Å². The van der Waals surface area contributed by atoms with E-state index >= 15 is 0 Å². The van der Waals surface area contributed by atoms with Gasteiger partial charge in [-0.3, -0.25) is 4.79 Å². The van der Waals surface area contributed by atoms with Gasteiger partial charge >= 0.3 is 5.97 Å². The molecule has 1 unspecified atom stereocenters. The molecule has 19 heavy (non-hydrogen) atoms. The lowest BCUT2D eigenvalue weighted by atomic mass is 9.95. The Hall–Kier alpha value is -0.220. The van der Waals surface area contributed by atoms with Gasteiger partial charge in [0, 0.05) is 0 Å². The van der Waals surface area contributed by atoms with Crippen LogP contribution in [0.5, 0.6) is 0 Å². The van der Waals surface area contributed by atoms with Crippen LogP contribution >= 0.6 is 11.8 Å². The molecule has 0 saturated heterocycles. The van der Waals surface area contributed by atoms with E-state index in [0.717, 1.165) is 38.1 Å². The van der Waals surface area contributed by atoms with Crippen LogP contribution in [-0.4, -0.2) is 36.7 Å². The first kappa shape index (κ1) is 18.8. The molecule has 1 atom stereocenters. The third kappa shape index (κ3) is 8.53. The van der Waals surface area contributed by atoms with Crippen LogP contribution in [0.2, 0.25) is 0 Å². The van der Waals surface area contributed by atoms with Gasteiger partial charge in [-0.05, 0) is 50.2 Å². The van der Waals surface area contributed by atoms with Crippen LogP contribution in [0.15, 0.2) is 0 Å². The third-order valence-electron chi connectivity index (χ3n) is 3.07. The zero-order chi connectivity index (χ0) is 14.7. The van der Waals surface area contributed by atoms with Crippen LogP contribution in [0.25, 0.3) is 0 Å². The van der Waals surface area contributed by atoms with Gasteiger partial charge < -0.3 is 10.1 Å². The monoisotopic (exact) mass is 289 g/mol. The number of nitrogens with one attached hydrogen (secondary N) is 1. The van der Waals surface area contributed by atoms with Crippen molar-refractivity contribution in [2.75, 3.05) is 25.2 Å². The maximum absolute atomic E-state index is 11.9. The summed E-state index contributed by atoms with van der Waals surface area (Å²) in [6.45, 7) is 9.41. The summed E-state index contributed by atoms with van der Waals surface area (Å²) in [4.78, 5) is 11.9. The lowest BCUT2D eigenvalue weighted by molar-refractivity contribution is -0.148. The second-order valence-corrected chi connectivity index (χ2v) is 6.83. The molecular weight excluding hydrogens is 258 g/mol. The molecule has 0 aliphatic rings. The number of thioether (sulfide) groups is 1. The van der Waals surface area contributed by atoms with Gasteiger partial charge in [-0.25, -0.2) is 0 Å². The second-order valence-electron chi connectivity index (χ2n) is 5.68. The molecular formula is C15H31NO2S. The summed E-state index contributed by atoms with van der Waals surface area (Å²) in [6.07, 6.45) is 4.10. The van der Waals surface area contributed by atoms with E-state index in [1.165, 1.54) is 18.6 Å². The van der Waals surface area contributed by atoms with E-state index < -0.39 is 5.54 Å². The summed E-state index contributed by atoms with van der Waals surface area (Å²) in [6, 6.07) is 0. The zero-order valence-corrected chi connectivity index (χ0v) is 14.1. The highest BCUT2D eigenvalue weighted by Gasteiger charge is 2.32. The number of esters is 1. The molecule has 0 radical (unpaired) electrons. The Morgan fingerprint density at radius 1 is 1.37 bits per heavy atom. The number of ether oxygens (including phenoxy) is 1. The number of rotatable bonds is 11. The van der Waals surface area contributed by atoms with Crippen molar-refractivity contribution in [2.24, 2.45) is 5.92 Å². The van der Waals surface area contributed by atoms with Crippen molar-refractivity contribution >= 4 is 17.7 Å². The first-order chi connectivity index (χ1) is 8.96. The van der Waals surface area contributed by atoms with Gasteiger partial charge in [0.2, 0.25) is 0 Å². The van der Waals surface area contributed by atoms with E-state index in [-0.39, 0.29) is 5.97 Å². The summed E-state index contributed by atoms with van der Waals surface area (Å²) < 4.78 is 4.92. The minimum atomic E-state index is -0.520. The smallest absolute Gasteiger partial charge is 0.325 e. The summed E-state index contributed by atoms with van der Waals surface area (Å²) in [7, 11) is 1.46. The zero-order valence-electron chi connectivity index (χ0n) is 13.3. The Bertz CT molecular complexity index is 246. The number of hydrogen-bond acceptors (Lipinski definition) is 4. The summed E-state index contributed by atoms with van der Waals surface area (Å²) in [5, 5.41) is 3.32. The molecule has 0 aromatic heterocycles. The molecule has 0 aromatic carbocycles. The Kier molecular flexibility index (Phi) is 10.4. The fourth-order valence-corrected chi connectivity index (χ4v) is 2.94. The average Bonchev–Trinajstić information content (AvgIpc) is 2.39. The lowest BCUT2D eigenvalue weighted by Crippen LogP contribution is -2.50. The summed E-state index contributed by atoms with van der Waals surface area (Å²) in [5.74, 6) is 3.03. The first-order valence-electron chi connectivity index (χ1n) is 7.37. The third-order valence-corrected chi connectivity index (χ3v) is 4.55. The van der Waals surface area contributed by atoms with Crippen molar-refractivity contribution < 1.29 is 9.53 Å². The lowest BCUT2D eigenvalue weighted by Gasteiger charge is -2.28. The average molecular weight is 289 g/mol. The molecule has 0 aromatic rings. The predicted octanol–water partition coefficient (Wildman–Crippen LogP) is 3.48. The predicted molar refractivity (Wildman–Crippen MR) is 84.7 cm³/mol. The number of unbranched alkanes of at least 4 members (excludes halogenated alkanes) is 1. The molecule has 0 aliphatic carbocycles. The quantitative estimate of drug-likeness (QED) is 0.467. The largest absolute Gasteiger partial charge is 0.468 e. The first-order valence-corrected chi connectivity index (χ1v) is 8.53. The molecule has 1 N–H and O–H groups in total. The van der Waals surface area contributed by atoms with Crippen molar-refractivity contribution in [2.45, 2.75) is 58.9 Å². The number of carbonyl (C=O) groups excluding carboxylic acids is 1. The summed E-state index contributed by atoms with van der Waals surface area (Å²) >= 11 is 2.01. The van der Waals surface area contributed by atoms with E-state index in [4.69, 9.17) is 4.74 Å². The molecule has 4 heteroatoms. The molecule has 114 valence electrons. The fourth-order valence-electron chi connectivity index (χ4n) is 1.89. The SMILES string of the molecule is CCCNC(C)(CCCCSCC(C)C)C(=O)OC. The van der Waals surface area contributed by atoms with Gasteiger partial charge in [-0.2, -0.15) is 11.8 Å². The van der Waals surface area contributed by atoms with E-state index in [0.29, 0.717) is 0 Å². The topological polar surface area (TPSA) is 38.3 Å². The van der Waals surface area contributed by atoms with Gasteiger partial charge in [-0.15, -0.1) is 0 Å². The van der Waals surface area contributed by atoms with E-state index in [2.05, 4.69) is 26.1 Å². The molecule has 3 nitrogen and oxygen atoms in total. The molecule has 0 spiro atoms. The molecule has 0 amide bonds. The Morgan fingerprint density at radius 3 is 2.58 bits per heavy atom. The minimum Gasteiger partial charge on any atom is -0.468 e. The van der Waals surface area contributed by atoms with Crippen molar-refractivity contribution in [1.82, 2.24) is 5.32 Å². The maximum Gasteiger partial charge on any atom is 0.325 e. The molecule has 0 heterocycles. The Morgan fingerprint density at radius 2 is 2.05 bits per heavy atom. The van der Waals surface area contributed by atoms with Gasteiger partial charge in [0.25, 0.3) is 0 Å². The van der Waals surface area contributed by atoms with Crippen LogP contribution in [0, 0.1) is 5.92 Å². The van der Waals surface area contributed by atoms with Crippen LogP contribution in [0.1, 0.15) is 53.4 Å². The Labute approximate surface area is 123 Å². The standard InChI is InChI=1S/C15H31NO2S/c1-6-10-16-15(4,14(17)18-5)9-7-8-11-19-12-13(2)3/h13,16H,6-12H2,1-5H3. The maximum atomic E-state index is 11.9. The van der Waals surface area contributed by atoms with E-state index in [1.807, 2.05) is 18.7 Å². The van der Waals surface area contributed by atoms with Crippen molar-refractivity contribution in [3.05, 3.63) is 0 Å².